The Bertz CT molecular complexity index is 304. The van der Waals surface area contributed by atoms with Gasteiger partial charge in [0.05, 0.1) is 0 Å². The van der Waals surface area contributed by atoms with Crippen LogP contribution in [0.15, 0.2) is 0 Å². The Morgan fingerprint density at radius 1 is 1.44 bits per heavy atom. The highest BCUT2D eigenvalue weighted by molar-refractivity contribution is 5.85. The fourth-order valence-corrected chi connectivity index (χ4v) is 2.77. The fourth-order valence-electron chi connectivity index (χ4n) is 2.77. The number of nitrogens with zero attached hydrogens (tertiary/aromatic N) is 1. The van der Waals surface area contributed by atoms with Gasteiger partial charge >= 0.3 is 6.09 Å². The largest absolute Gasteiger partial charge is 0.437 e. The lowest BCUT2D eigenvalue weighted by Crippen LogP contribution is -2.60. The van der Waals surface area contributed by atoms with Crippen LogP contribution in [0.25, 0.3) is 0 Å². The lowest BCUT2D eigenvalue weighted by atomic mass is 9.82. The Balaban J connectivity index is 0.00000162. The Kier molecular flexibility index (Phi) is 4.86. The van der Waals surface area contributed by atoms with Crippen molar-refractivity contribution in [2.45, 2.75) is 50.9 Å². The number of unbranched alkanes of at least 4 members (excludes halogenated alkanes) is 1. The summed E-state index contributed by atoms with van der Waals surface area (Å²) in [6.07, 6.45) is 2.86. The van der Waals surface area contributed by atoms with Gasteiger partial charge in [-0.15, -0.1) is 12.4 Å². The summed E-state index contributed by atoms with van der Waals surface area (Å²) in [7, 11) is 0. The van der Waals surface area contributed by atoms with Crippen LogP contribution in [-0.4, -0.2) is 47.1 Å². The number of halogens is 1. The van der Waals surface area contributed by atoms with Crippen LogP contribution in [0, 0.1) is 0 Å². The van der Waals surface area contributed by atoms with Gasteiger partial charge in [0.1, 0.15) is 0 Å². The van der Waals surface area contributed by atoms with Crippen molar-refractivity contribution in [3.8, 4) is 0 Å². The molecule has 1 spiro atoms. The summed E-state index contributed by atoms with van der Waals surface area (Å²) < 4.78 is 5.51. The van der Waals surface area contributed by atoms with E-state index in [1.165, 1.54) is 4.90 Å². The molecular formula is C12H23ClN2O3. The molecule has 1 amide bonds. The molecule has 2 aliphatic heterocycles. The normalized spacial score (nSPS) is 30.2. The number of ether oxygens (including phenoxy) is 1. The minimum Gasteiger partial charge on any atom is -0.437 e. The second-order valence-corrected chi connectivity index (χ2v) is 5.14. The minimum atomic E-state index is -1.18. The summed E-state index contributed by atoms with van der Waals surface area (Å²) in [6, 6.07) is 0. The Morgan fingerprint density at radius 3 is 2.61 bits per heavy atom. The zero-order valence-corrected chi connectivity index (χ0v) is 11.9. The standard InChI is InChI=1S/C12H22N2O3.ClH/c1-3-4-9-14-10(15)17-12(11(14,2)16)5-7-13-8-6-12;/h13,16H,3-9H2,1-2H3;1H. The van der Waals surface area contributed by atoms with Gasteiger partial charge in [-0.05, 0) is 26.4 Å². The van der Waals surface area contributed by atoms with Gasteiger partial charge in [0, 0.05) is 19.4 Å². The van der Waals surface area contributed by atoms with Gasteiger partial charge < -0.3 is 15.2 Å². The molecule has 2 heterocycles. The topological polar surface area (TPSA) is 61.8 Å². The molecular weight excluding hydrogens is 256 g/mol. The van der Waals surface area contributed by atoms with E-state index in [2.05, 4.69) is 12.2 Å². The number of amides is 1. The predicted octanol–water partition coefficient (Wildman–Crippen LogP) is 1.49. The third-order valence-corrected chi connectivity index (χ3v) is 4.04. The average Bonchev–Trinajstić information content (AvgIpc) is 2.46. The summed E-state index contributed by atoms with van der Waals surface area (Å²) in [5, 5.41) is 13.9. The van der Waals surface area contributed by atoms with Crippen molar-refractivity contribution in [2.75, 3.05) is 19.6 Å². The highest BCUT2D eigenvalue weighted by Crippen LogP contribution is 2.43. The molecule has 0 saturated carbocycles. The first-order valence-electron chi connectivity index (χ1n) is 6.47. The molecule has 0 aliphatic carbocycles. The second kappa shape index (κ2) is 5.63. The highest BCUT2D eigenvalue weighted by Gasteiger charge is 2.61. The zero-order valence-electron chi connectivity index (χ0n) is 11.1. The number of aliphatic hydroxyl groups is 1. The van der Waals surface area contributed by atoms with E-state index >= 15 is 0 Å². The van der Waals surface area contributed by atoms with Gasteiger partial charge in [-0.25, -0.2) is 4.79 Å². The van der Waals surface area contributed by atoms with Crippen molar-refractivity contribution in [3.63, 3.8) is 0 Å². The maximum atomic E-state index is 11.9. The van der Waals surface area contributed by atoms with Crippen LogP contribution >= 0.6 is 12.4 Å². The minimum absolute atomic E-state index is 0. The molecule has 2 aliphatic rings. The van der Waals surface area contributed by atoms with Crippen molar-refractivity contribution in [3.05, 3.63) is 0 Å². The van der Waals surface area contributed by atoms with Crippen LogP contribution in [-0.2, 0) is 4.74 Å². The zero-order chi connectivity index (χ0) is 12.5. The summed E-state index contributed by atoms with van der Waals surface area (Å²) in [5.74, 6) is 0. The highest BCUT2D eigenvalue weighted by atomic mass is 35.5. The molecule has 0 aromatic heterocycles. The molecule has 2 N–H and O–H groups in total. The van der Waals surface area contributed by atoms with Crippen LogP contribution in [0.2, 0.25) is 0 Å². The van der Waals surface area contributed by atoms with Crippen LogP contribution in [0.4, 0.5) is 4.79 Å². The number of hydrogen-bond donors (Lipinski definition) is 2. The maximum absolute atomic E-state index is 11.9. The quantitative estimate of drug-likeness (QED) is 0.821. The Labute approximate surface area is 114 Å². The lowest BCUT2D eigenvalue weighted by molar-refractivity contribution is -0.156. The lowest BCUT2D eigenvalue weighted by Gasteiger charge is -2.42. The summed E-state index contributed by atoms with van der Waals surface area (Å²) in [5.41, 5.74) is -1.90. The molecule has 0 aromatic carbocycles. The average molecular weight is 279 g/mol. The van der Waals surface area contributed by atoms with Crippen molar-refractivity contribution < 1.29 is 14.6 Å². The van der Waals surface area contributed by atoms with E-state index in [9.17, 15) is 9.90 Å². The monoisotopic (exact) mass is 278 g/mol. The molecule has 2 saturated heterocycles. The van der Waals surface area contributed by atoms with E-state index in [-0.39, 0.29) is 18.5 Å². The van der Waals surface area contributed by atoms with E-state index in [0.717, 1.165) is 25.9 Å². The first-order chi connectivity index (χ1) is 8.03. The number of hydrogen-bond acceptors (Lipinski definition) is 4. The first kappa shape index (κ1) is 15.5. The molecule has 1 atom stereocenters. The maximum Gasteiger partial charge on any atom is 0.412 e. The van der Waals surface area contributed by atoms with Crippen molar-refractivity contribution in [2.24, 2.45) is 0 Å². The van der Waals surface area contributed by atoms with E-state index < -0.39 is 11.3 Å². The van der Waals surface area contributed by atoms with Gasteiger partial charge in [0.25, 0.3) is 0 Å². The van der Waals surface area contributed by atoms with Gasteiger partial charge in [0.15, 0.2) is 11.3 Å². The molecule has 106 valence electrons. The third-order valence-electron chi connectivity index (χ3n) is 4.04. The SMILES string of the molecule is CCCCN1C(=O)OC2(CCNCC2)C1(C)O.Cl. The van der Waals surface area contributed by atoms with E-state index in [1.807, 2.05) is 0 Å². The summed E-state index contributed by atoms with van der Waals surface area (Å²) in [6.45, 7) is 5.91. The number of nitrogens with one attached hydrogen (secondary N) is 1. The Morgan fingerprint density at radius 2 is 2.06 bits per heavy atom. The predicted molar refractivity (Wildman–Crippen MR) is 70.8 cm³/mol. The number of piperidine rings is 1. The molecule has 6 heteroatoms. The van der Waals surface area contributed by atoms with Gasteiger partial charge in [-0.3, -0.25) is 4.90 Å². The molecule has 0 bridgehead atoms. The van der Waals surface area contributed by atoms with Crippen LogP contribution in [0.5, 0.6) is 0 Å². The van der Waals surface area contributed by atoms with Crippen LogP contribution < -0.4 is 5.32 Å². The van der Waals surface area contributed by atoms with Crippen LogP contribution in [0.1, 0.15) is 39.5 Å². The van der Waals surface area contributed by atoms with Crippen molar-refractivity contribution in [1.82, 2.24) is 10.2 Å². The Hall–Kier alpha value is -0.520. The van der Waals surface area contributed by atoms with E-state index in [0.29, 0.717) is 19.4 Å². The van der Waals surface area contributed by atoms with Crippen molar-refractivity contribution >= 4 is 18.5 Å². The van der Waals surface area contributed by atoms with E-state index in [4.69, 9.17) is 4.74 Å². The number of rotatable bonds is 3. The van der Waals surface area contributed by atoms with Gasteiger partial charge in [-0.1, -0.05) is 13.3 Å². The smallest absolute Gasteiger partial charge is 0.412 e. The molecule has 0 aromatic rings. The summed E-state index contributed by atoms with van der Waals surface area (Å²) >= 11 is 0. The fraction of sp³-hybridized carbons (Fsp3) is 0.917. The molecule has 0 radical (unpaired) electrons. The molecule has 2 fully saturated rings. The van der Waals surface area contributed by atoms with Gasteiger partial charge in [-0.2, -0.15) is 0 Å². The molecule has 1 unspecified atom stereocenters. The third kappa shape index (κ3) is 2.31. The summed E-state index contributed by atoms with van der Waals surface area (Å²) in [4.78, 5) is 13.4. The van der Waals surface area contributed by atoms with E-state index in [1.54, 1.807) is 6.92 Å². The van der Waals surface area contributed by atoms with Crippen molar-refractivity contribution in [1.29, 1.82) is 0 Å². The molecule has 18 heavy (non-hydrogen) atoms. The second-order valence-electron chi connectivity index (χ2n) is 5.14. The number of carbonyl (C=O) groups excluding carboxylic acids is 1. The first-order valence-corrected chi connectivity index (χ1v) is 6.47. The van der Waals surface area contributed by atoms with Gasteiger partial charge in [0.2, 0.25) is 0 Å². The number of carbonyl (C=O) groups is 1. The van der Waals surface area contributed by atoms with Crippen LogP contribution in [0.3, 0.4) is 0 Å². The molecule has 5 nitrogen and oxygen atoms in total. The molecule has 2 rings (SSSR count).